The first-order valence-corrected chi connectivity index (χ1v) is 15.2. The summed E-state index contributed by atoms with van der Waals surface area (Å²) in [6.45, 7) is 11.5. The van der Waals surface area contributed by atoms with Gasteiger partial charge in [-0.15, -0.1) is 0 Å². The quantitative estimate of drug-likeness (QED) is 0.192. The first-order valence-electron chi connectivity index (χ1n) is 15.2. The van der Waals surface area contributed by atoms with E-state index >= 15 is 0 Å². The zero-order valence-electron chi connectivity index (χ0n) is 27.9. The Bertz CT molecular complexity index is 2000. The number of nitrogens with zero attached hydrogens (tertiary/aromatic N) is 9. The van der Waals surface area contributed by atoms with Gasteiger partial charge in [0.05, 0.1) is 6.20 Å². The van der Waals surface area contributed by atoms with Gasteiger partial charge in [0, 0.05) is 88.1 Å². The lowest BCUT2D eigenvalue weighted by Gasteiger charge is -2.09. The molecule has 0 saturated heterocycles. The van der Waals surface area contributed by atoms with E-state index in [0.29, 0.717) is 0 Å². The highest BCUT2D eigenvalue weighted by Crippen LogP contribution is 2.24. The van der Waals surface area contributed by atoms with Gasteiger partial charge in [0.1, 0.15) is 17.1 Å². The number of rotatable bonds is 0. The Labute approximate surface area is 265 Å². The van der Waals surface area contributed by atoms with Crippen LogP contribution in [0.5, 0.6) is 0 Å². The Morgan fingerprint density at radius 1 is 0.600 bits per heavy atom. The van der Waals surface area contributed by atoms with E-state index in [1.165, 1.54) is 44.2 Å². The fraction of sp³-hybridized carbons (Fsp3) is 0.306. The lowest BCUT2D eigenvalue weighted by Crippen LogP contribution is -2.13. The van der Waals surface area contributed by atoms with E-state index in [4.69, 9.17) is 0 Å². The molecule has 8 rings (SSSR count). The number of likely N-dealkylation sites (N-methyl/N-ethyl adjacent to an activating group) is 1. The van der Waals surface area contributed by atoms with E-state index < -0.39 is 0 Å². The van der Waals surface area contributed by atoms with Crippen molar-refractivity contribution in [3.05, 3.63) is 107 Å². The minimum Gasteiger partial charge on any atom is -0.359 e. The molecule has 0 unspecified atom stereocenters. The maximum Gasteiger partial charge on any atom is 0.157 e. The number of hydrogen-bond donors (Lipinski definition) is 0. The maximum absolute atomic E-state index is 4.37. The van der Waals surface area contributed by atoms with Crippen molar-refractivity contribution in [3.8, 4) is 0 Å². The molecule has 0 atom stereocenters. The lowest BCUT2D eigenvalue weighted by molar-refractivity contribution is 0.786. The molecule has 1 aliphatic heterocycles. The number of pyridine rings is 4. The molecule has 45 heavy (non-hydrogen) atoms. The van der Waals surface area contributed by atoms with Crippen molar-refractivity contribution in [2.24, 2.45) is 21.1 Å². The Kier molecular flexibility index (Phi) is 9.27. The zero-order chi connectivity index (χ0) is 32.2. The number of anilines is 1. The van der Waals surface area contributed by atoms with Crippen LogP contribution in [0.1, 0.15) is 33.4 Å². The van der Waals surface area contributed by atoms with Crippen LogP contribution in [-0.2, 0) is 27.6 Å². The van der Waals surface area contributed by atoms with E-state index in [1.807, 2.05) is 69.8 Å². The SMILES string of the molecule is Cc1cnc2c(c1)CCN2C.Cc1cnc2c(c1)c(C)cn2C.Cc1cnc2c(ccn2C)c1.Cc1cnc2c(cnn2C)c1. The van der Waals surface area contributed by atoms with Gasteiger partial charge in [-0.3, -0.25) is 4.68 Å². The van der Waals surface area contributed by atoms with Crippen LogP contribution in [0.15, 0.2) is 73.7 Å². The van der Waals surface area contributed by atoms with Gasteiger partial charge in [-0.1, -0.05) is 6.07 Å². The summed E-state index contributed by atoms with van der Waals surface area (Å²) >= 11 is 0. The van der Waals surface area contributed by atoms with Gasteiger partial charge >= 0.3 is 0 Å². The zero-order valence-corrected chi connectivity index (χ0v) is 27.9. The lowest BCUT2D eigenvalue weighted by atomic mass is 10.2. The number of aryl methyl sites for hydroxylation is 8. The van der Waals surface area contributed by atoms with Gasteiger partial charge in [0.25, 0.3) is 0 Å². The number of hydrogen-bond acceptors (Lipinski definition) is 6. The molecule has 9 heteroatoms. The van der Waals surface area contributed by atoms with E-state index in [2.05, 4.69) is 106 Å². The summed E-state index contributed by atoms with van der Waals surface area (Å²) in [6.07, 6.45) is 14.7. The first kappa shape index (κ1) is 31.4. The molecule has 0 bridgehead atoms. The fourth-order valence-corrected chi connectivity index (χ4v) is 5.52. The topological polar surface area (TPSA) is 82.5 Å². The van der Waals surface area contributed by atoms with Crippen molar-refractivity contribution in [1.82, 2.24) is 38.9 Å². The highest BCUT2D eigenvalue weighted by molar-refractivity contribution is 5.80. The molecule has 232 valence electrons. The Hall–Kier alpha value is -5.05. The van der Waals surface area contributed by atoms with Crippen LogP contribution in [0.25, 0.3) is 33.1 Å². The molecule has 0 N–H and O–H groups in total. The molecule has 8 heterocycles. The average Bonchev–Trinajstić information content (AvgIpc) is 3.75. The molecule has 1 aliphatic rings. The van der Waals surface area contributed by atoms with Crippen LogP contribution >= 0.6 is 0 Å². The molecule has 0 saturated carbocycles. The van der Waals surface area contributed by atoms with Crippen LogP contribution in [0, 0.1) is 34.6 Å². The number of aromatic nitrogens is 8. The summed E-state index contributed by atoms with van der Waals surface area (Å²) < 4.78 is 5.85. The molecule has 0 fully saturated rings. The van der Waals surface area contributed by atoms with E-state index in [0.717, 1.165) is 41.1 Å². The summed E-state index contributed by atoms with van der Waals surface area (Å²) in [7, 11) is 8.02. The van der Waals surface area contributed by atoms with Gasteiger partial charge < -0.3 is 14.0 Å². The highest BCUT2D eigenvalue weighted by atomic mass is 15.3. The third kappa shape index (κ3) is 7.20. The second-order valence-corrected chi connectivity index (χ2v) is 12.0. The first-order chi connectivity index (χ1) is 21.5. The van der Waals surface area contributed by atoms with Crippen molar-refractivity contribution in [3.63, 3.8) is 0 Å². The predicted octanol–water partition coefficient (Wildman–Crippen LogP) is 6.73. The van der Waals surface area contributed by atoms with Gasteiger partial charge in [-0.05, 0) is 98.7 Å². The van der Waals surface area contributed by atoms with Crippen molar-refractivity contribution >= 4 is 38.9 Å². The van der Waals surface area contributed by atoms with Crippen molar-refractivity contribution in [1.29, 1.82) is 0 Å². The Balaban J connectivity index is 0.000000119. The summed E-state index contributed by atoms with van der Waals surface area (Å²) in [4.78, 5) is 19.5. The van der Waals surface area contributed by atoms with Crippen molar-refractivity contribution in [2.75, 3.05) is 18.5 Å². The third-order valence-corrected chi connectivity index (χ3v) is 7.86. The highest BCUT2D eigenvalue weighted by Gasteiger charge is 2.16. The van der Waals surface area contributed by atoms with Crippen molar-refractivity contribution < 1.29 is 0 Å². The van der Waals surface area contributed by atoms with Crippen LogP contribution < -0.4 is 4.90 Å². The fourth-order valence-electron chi connectivity index (χ4n) is 5.52. The molecule has 0 radical (unpaired) electrons. The molecule has 7 aromatic heterocycles. The molecule has 0 aromatic carbocycles. The average molecular weight is 602 g/mol. The second kappa shape index (κ2) is 13.3. The predicted molar refractivity (Wildman–Crippen MR) is 185 cm³/mol. The van der Waals surface area contributed by atoms with Crippen molar-refractivity contribution in [2.45, 2.75) is 41.0 Å². The van der Waals surface area contributed by atoms with Gasteiger partial charge in [0.15, 0.2) is 5.65 Å². The third-order valence-electron chi connectivity index (χ3n) is 7.86. The molecule has 0 amide bonds. The molecular formula is C36H43N9. The van der Waals surface area contributed by atoms with Crippen LogP contribution in [-0.4, -0.2) is 52.4 Å². The molecule has 7 aromatic rings. The minimum absolute atomic E-state index is 0.940. The standard InChI is InChI=1S/C10H12N2.C9H12N2.C9H10N2.C8H9N3/c1-7-4-9-8(2)6-12(3)10(9)11-5-7;2*1-7-5-8-3-4-11(2)9(8)10-6-7;1-6-3-7-5-10-11(2)8(7)9-4-6/h4-6H,1-3H3;5-6H,3-4H2,1-2H3;3-6H,1-2H3;3-5H,1-2H3. The monoisotopic (exact) mass is 601 g/mol. The van der Waals surface area contributed by atoms with E-state index in [1.54, 1.807) is 4.68 Å². The summed E-state index contributed by atoms with van der Waals surface area (Å²) in [6, 6.07) is 10.7. The molecular weight excluding hydrogens is 558 g/mol. The van der Waals surface area contributed by atoms with Gasteiger partial charge in [0.2, 0.25) is 0 Å². The van der Waals surface area contributed by atoms with Crippen LogP contribution in [0.4, 0.5) is 5.82 Å². The normalized spacial score (nSPS) is 11.9. The summed E-state index contributed by atoms with van der Waals surface area (Å²) in [5.74, 6) is 1.16. The van der Waals surface area contributed by atoms with Gasteiger partial charge in [-0.2, -0.15) is 5.10 Å². The summed E-state index contributed by atoms with van der Waals surface area (Å²) in [5.41, 5.74) is 10.6. The summed E-state index contributed by atoms with van der Waals surface area (Å²) in [5, 5.41) is 7.67. The second-order valence-electron chi connectivity index (χ2n) is 12.0. The van der Waals surface area contributed by atoms with E-state index in [-0.39, 0.29) is 0 Å². The smallest absolute Gasteiger partial charge is 0.157 e. The Morgan fingerprint density at radius 3 is 1.93 bits per heavy atom. The molecule has 0 spiro atoms. The van der Waals surface area contributed by atoms with Crippen LogP contribution in [0.2, 0.25) is 0 Å². The Morgan fingerprint density at radius 2 is 1.20 bits per heavy atom. The molecule has 9 nitrogen and oxygen atoms in total. The molecule has 0 aliphatic carbocycles. The van der Waals surface area contributed by atoms with Crippen LogP contribution in [0.3, 0.4) is 0 Å². The van der Waals surface area contributed by atoms with Gasteiger partial charge in [-0.25, -0.2) is 19.9 Å². The largest absolute Gasteiger partial charge is 0.359 e. The minimum atomic E-state index is 0.940. The maximum atomic E-state index is 4.37. The van der Waals surface area contributed by atoms with E-state index in [9.17, 15) is 0 Å². The number of fused-ring (bicyclic) bond motifs is 4.